The van der Waals surface area contributed by atoms with Gasteiger partial charge in [0.1, 0.15) is 26.4 Å². The van der Waals surface area contributed by atoms with Gasteiger partial charge in [0.15, 0.2) is 0 Å². The molecule has 4 heterocycles. The third kappa shape index (κ3) is 5.48. The smallest absolute Gasteiger partial charge is 0.225 e. The molecule has 34 heavy (non-hydrogen) atoms. The van der Waals surface area contributed by atoms with Crippen LogP contribution in [-0.4, -0.2) is 27.0 Å². The van der Waals surface area contributed by atoms with Crippen molar-refractivity contribution in [3.05, 3.63) is 66.4 Å². The number of ether oxygens (including phenoxy) is 1. The molecule has 0 aliphatic heterocycles. The molecule has 1 N–H and O–H groups in total. The van der Waals surface area contributed by atoms with Crippen molar-refractivity contribution in [1.29, 1.82) is 0 Å². The fourth-order valence-electron chi connectivity index (χ4n) is 3.20. The second-order valence-electron chi connectivity index (χ2n) is 7.14. The first kappa shape index (κ1) is 25.2. The monoisotopic (exact) mass is 571 g/mol. The van der Waals surface area contributed by atoms with E-state index < -0.39 is 0 Å². The molecule has 0 saturated carbocycles. The number of halogens is 4. The first-order chi connectivity index (χ1) is 16.3. The Balaban J connectivity index is 0.000000192. The van der Waals surface area contributed by atoms with E-state index in [1.54, 1.807) is 18.4 Å². The van der Waals surface area contributed by atoms with E-state index in [0.29, 0.717) is 22.5 Å². The van der Waals surface area contributed by atoms with E-state index in [2.05, 4.69) is 25.3 Å². The topological polar surface area (TPSA) is 72.8 Å². The van der Waals surface area contributed by atoms with Crippen LogP contribution in [0.15, 0.2) is 29.0 Å². The predicted molar refractivity (Wildman–Crippen MR) is 145 cm³/mol. The van der Waals surface area contributed by atoms with Gasteiger partial charge in [-0.2, -0.15) is 0 Å². The summed E-state index contributed by atoms with van der Waals surface area (Å²) in [6.07, 6.45) is 0. The van der Waals surface area contributed by atoms with Crippen LogP contribution in [0.3, 0.4) is 0 Å². The van der Waals surface area contributed by atoms with Crippen molar-refractivity contribution in [2.75, 3.05) is 12.4 Å². The van der Waals surface area contributed by atoms with Crippen molar-refractivity contribution in [1.82, 2.24) is 19.9 Å². The fourth-order valence-corrected chi connectivity index (χ4v) is 6.18. The molecule has 0 saturated heterocycles. The minimum Gasteiger partial charge on any atom is -0.495 e. The number of anilines is 1. The second-order valence-corrected chi connectivity index (χ2v) is 10.3. The molecule has 0 atom stereocenters. The van der Waals surface area contributed by atoms with Gasteiger partial charge in [0.25, 0.3) is 0 Å². The Labute approximate surface area is 223 Å². The molecule has 1 aromatic carbocycles. The number of methoxy groups -OCH3 is 1. The van der Waals surface area contributed by atoms with Crippen molar-refractivity contribution >= 4 is 95.3 Å². The van der Waals surface area contributed by atoms with Crippen LogP contribution in [0.4, 0.5) is 5.82 Å². The first-order valence-corrected chi connectivity index (χ1v) is 13.1. The fraction of sp³-hybridized carbons (Fsp3) is 0.182. The number of rotatable bonds is 4. The minimum atomic E-state index is 0.203. The van der Waals surface area contributed by atoms with Crippen molar-refractivity contribution in [2.24, 2.45) is 0 Å². The van der Waals surface area contributed by atoms with Crippen LogP contribution in [-0.2, 0) is 6.54 Å². The van der Waals surface area contributed by atoms with Gasteiger partial charge in [-0.05, 0) is 76.6 Å². The summed E-state index contributed by atoms with van der Waals surface area (Å²) in [5, 5.41) is 10.7. The summed E-state index contributed by atoms with van der Waals surface area (Å²) in [5.74, 6) is 1.40. The third-order valence-electron chi connectivity index (χ3n) is 4.81. The second kappa shape index (κ2) is 10.8. The molecule has 6 nitrogen and oxygen atoms in total. The van der Waals surface area contributed by atoms with E-state index in [0.717, 1.165) is 42.9 Å². The van der Waals surface area contributed by atoms with Crippen LogP contribution in [0.25, 0.3) is 20.4 Å². The molecule has 4 aromatic heterocycles. The Morgan fingerprint density at radius 2 is 1.47 bits per heavy atom. The molecule has 0 aliphatic carbocycles. The minimum absolute atomic E-state index is 0.203. The van der Waals surface area contributed by atoms with Gasteiger partial charge in [0.05, 0.1) is 22.9 Å². The zero-order chi connectivity index (χ0) is 24.4. The lowest BCUT2D eigenvalue weighted by Gasteiger charge is -2.09. The number of benzene rings is 1. The lowest BCUT2D eigenvalue weighted by Crippen LogP contribution is -2.03. The Morgan fingerprint density at radius 3 is 2.12 bits per heavy atom. The van der Waals surface area contributed by atoms with E-state index >= 15 is 0 Å². The number of hydrogen-bond acceptors (Lipinski definition) is 8. The number of nitrogens with zero attached hydrogens (tertiary/aromatic N) is 4. The molecular weight excluding hydrogens is 556 g/mol. The third-order valence-corrected chi connectivity index (χ3v) is 7.70. The maximum atomic E-state index is 6.14. The molecule has 0 aliphatic rings. The Kier molecular flexibility index (Phi) is 7.97. The van der Waals surface area contributed by atoms with Gasteiger partial charge in [0, 0.05) is 6.54 Å². The molecule has 176 valence electrons. The molecule has 0 spiro atoms. The van der Waals surface area contributed by atoms with Crippen LogP contribution in [0.2, 0.25) is 20.7 Å². The maximum absolute atomic E-state index is 6.14. The molecule has 5 aromatic rings. The highest BCUT2D eigenvalue weighted by molar-refractivity contribution is 7.17. The summed E-state index contributed by atoms with van der Waals surface area (Å²) in [4.78, 5) is 18.2. The predicted octanol–water partition coefficient (Wildman–Crippen LogP) is 8.23. The van der Waals surface area contributed by atoms with Gasteiger partial charge in [-0.15, -0.1) is 22.7 Å². The van der Waals surface area contributed by atoms with E-state index in [1.165, 1.54) is 11.3 Å². The van der Waals surface area contributed by atoms with Gasteiger partial charge in [-0.3, -0.25) is 0 Å². The van der Waals surface area contributed by atoms with E-state index in [1.807, 2.05) is 42.8 Å². The van der Waals surface area contributed by atoms with Gasteiger partial charge < -0.3 is 10.1 Å². The number of thiophene rings is 2. The molecule has 5 rings (SSSR count). The largest absolute Gasteiger partial charge is 0.495 e. The number of nitrogens with one attached hydrogen (secondary N) is 1. The average molecular weight is 573 g/mol. The molecule has 0 unspecified atom stereocenters. The van der Waals surface area contributed by atoms with Crippen molar-refractivity contribution in [3.8, 4) is 5.75 Å². The summed E-state index contributed by atoms with van der Waals surface area (Å²) in [6, 6.07) is 5.67. The highest BCUT2D eigenvalue weighted by Crippen LogP contribution is 2.32. The lowest BCUT2D eigenvalue weighted by molar-refractivity contribution is 0.415. The normalized spacial score (nSPS) is 10.9. The highest BCUT2D eigenvalue weighted by Gasteiger charge is 2.12. The average Bonchev–Trinajstić information content (AvgIpc) is 3.35. The van der Waals surface area contributed by atoms with Crippen LogP contribution in [0, 0.1) is 13.8 Å². The van der Waals surface area contributed by atoms with Crippen LogP contribution in [0.5, 0.6) is 5.75 Å². The Bertz CT molecular complexity index is 1490. The molecule has 0 fully saturated rings. The Hall–Kier alpha value is -1.94. The van der Waals surface area contributed by atoms with Crippen LogP contribution < -0.4 is 10.1 Å². The lowest BCUT2D eigenvalue weighted by atomic mass is 10.2. The van der Waals surface area contributed by atoms with Crippen molar-refractivity contribution < 1.29 is 4.74 Å². The van der Waals surface area contributed by atoms with E-state index in [9.17, 15) is 0 Å². The summed E-state index contributed by atoms with van der Waals surface area (Å²) in [5.41, 5.74) is 3.25. The number of hydrogen-bond donors (Lipinski definition) is 1. The van der Waals surface area contributed by atoms with Crippen LogP contribution >= 0.6 is 69.1 Å². The molecule has 0 radical (unpaired) electrons. The zero-order valence-electron chi connectivity index (χ0n) is 18.1. The molecule has 12 heteroatoms. The van der Waals surface area contributed by atoms with Crippen molar-refractivity contribution in [3.63, 3.8) is 0 Å². The van der Waals surface area contributed by atoms with Gasteiger partial charge in [-0.25, -0.2) is 19.9 Å². The van der Waals surface area contributed by atoms with E-state index in [-0.39, 0.29) is 10.6 Å². The van der Waals surface area contributed by atoms with Gasteiger partial charge >= 0.3 is 0 Å². The van der Waals surface area contributed by atoms with Gasteiger partial charge in [0.2, 0.25) is 10.6 Å². The summed E-state index contributed by atoms with van der Waals surface area (Å²) in [7, 11) is 1.60. The molecule has 0 amide bonds. The summed E-state index contributed by atoms with van der Waals surface area (Å²) < 4.78 is 5.15. The SMILES string of the molecule is COc1ccc(CNc2nc(Cl)nc3scc(C)c23)cc1Cl.Cc1csc2nc(Cl)nc(Cl)c12. The number of aryl methyl sites for hydroxylation is 2. The summed E-state index contributed by atoms with van der Waals surface area (Å²) >= 11 is 26.7. The molecular formula is C22H17Cl4N5OS2. The highest BCUT2D eigenvalue weighted by atomic mass is 35.5. The zero-order valence-corrected chi connectivity index (χ0v) is 22.8. The Morgan fingerprint density at radius 1 is 0.853 bits per heavy atom. The summed E-state index contributed by atoms with van der Waals surface area (Å²) in [6.45, 7) is 4.59. The molecule has 0 bridgehead atoms. The standard InChI is InChI=1S/C15H13Cl2N3OS.C7H4Cl2N2S/c1-8-7-22-14-12(8)13(19-15(17)20-14)18-6-9-3-4-11(21-2)10(16)5-9;1-3-2-12-6-4(3)5(8)10-7(9)11-6/h3-5,7H,6H2,1-2H3,(H,18,19,20);2H,1H3. The van der Waals surface area contributed by atoms with Crippen molar-refractivity contribution in [2.45, 2.75) is 20.4 Å². The number of aromatic nitrogens is 4. The number of fused-ring (bicyclic) bond motifs is 2. The maximum Gasteiger partial charge on any atom is 0.225 e. The quantitative estimate of drug-likeness (QED) is 0.173. The van der Waals surface area contributed by atoms with Crippen LogP contribution in [0.1, 0.15) is 16.7 Å². The van der Waals surface area contributed by atoms with Gasteiger partial charge in [-0.1, -0.05) is 29.3 Å². The van der Waals surface area contributed by atoms with E-state index in [4.69, 9.17) is 51.1 Å². The first-order valence-electron chi connectivity index (χ1n) is 9.81.